The highest BCUT2D eigenvalue weighted by Crippen LogP contribution is 2.16. The first-order valence-corrected chi connectivity index (χ1v) is 10.1. The number of ether oxygens (including phenoxy) is 2. The first-order valence-electron chi connectivity index (χ1n) is 10.1. The topological polar surface area (TPSA) is 58.1 Å². The summed E-state index contributed by atoms with van der Waals surface area (Å²) in [6.45, 7) is 7.55. The van der Waals surface area contributed by atoms with E-state index in [1.165, 1.54) is 25.8 Å². The van der Waals surface area contributed by atoms with Gasteiger partial charge in [0.25, 0.3) is 0 Å². The highest BCUT2D eigenvalue weighted by Gasteiger charge is 2.17. The average Bonchev–Trinajstić information content (AvgIpc) is 2.69. The first-order chi connectivity index (χ1) is 13.2. The van der Waals surface area contributed by atoms with Crippen molar-refractivity contribution in [3.8, 4) is 5.75 Å². The Morgan fingerprint density at radius 2 is 2.11 bits per heavy atom. The van der Waals surface area contributed by atoms with Crippen LogP contribution in [0.1, 0.15) is 38.2 Å². The Morgan fingerprint density at radius 1 is 1.25 bits per heavy atom. The van der Waals surface area contributed by atoms with Crippen LogP contribution in [0.25, 0.3) is 0 Å². The predicted octanol–water partition coefficient (Wildman–Crippen LogP) is 3.26. The molecule has 7 heteroatoms. The van der Waals surface area contributed by atoms with Crippen LogP contribution >= 0.6 is 24.0 Å². The van der Waals surface area contributed by atoms with E-state index < -0.39 is 0 Å². The van der Waals surface area contributed by atoms with Crippen LogP contribution in [0.3, 0.4) is 0 Å². The lowest BCUT2D eigenvalue weighted by Crippen LogP contribution is -2.41. The van der Waals surface area contributed by atoms with Crippen molar-refractivity contribution in [2.24, 2.45) is 4.99 Å². The van der Waals surface area contributed by atoms with Gasteiger partial charge in [-0.25, -0.2) is 0 Å². The third kappa shape index (κ3) is 9.43. The third-order valence-electron chi connectivity index (χ3n) is 4.99. The van der Waals surface area contributed by atoms with Gasteiger partial charge in [0.1, 0.15) is 12.4 Å². The number of halogens is 1. The Balaban J connectivity index is 0.00000392. The number of benzene rings is 1. The molecule has 0 aromatic heterocycles. The number of hydrogen-bond donors (Lipinski definition) is 2. The van der Waals surface area contributed by atoms with Crippen molar-refractivity contribution < 1.29 is 9.47 Å². The van der Waals surface area contributed by atoms with Gasteiger partial charge in [-0.15, -0.1) is 24.0 Å². The maximum atomic E-state index is 5.66. The molecule has 1 saturated heterocycles. The zero-order valence-corrected chi connectivity index (χ0v) is 19.9. The second-order valence-corrected chi connectivity index (χ2v) is 7.08. The molecule has 2 rings (SSSR count). The summed E-state index contributed by atoms with van der Waals surface area (Å²) in [6, 6.07) is 8.84. The van der Waals surface area contributed by atoms with E-state index in [1.807, 2.05) is 25.2 Å². The summed E-state index contributed by atoms with van der Waals surface area (Å²) < 4.78 is 10.7. The molecule has 1 unspecified atom stereocenters. The molecule has 0 bridgehead atoms. The Bertz CT molecular complexity index is 571. The largest absolute Gasteiger partial charge is 0.491 e. The zero-order chi connectivity index (χ0) is 19.3. The van der Waals surface area contributed by atoms with Crippen LogP contribution in [0.2, 0.25) is 0 Å². The maximum Gasteiger partial charge on any atom is 0.191 e. The maximum absolute atomic E-state index is 5.66. The van der Waals surface area contributed by atoms with E-state index in [2.05, 4.69) is 33.5 Å². The van der Waals surface area contributed by atoms with Crippen LogP contribution in [0.15, 0.2) is 29.3 Å². The fourth-order valence-corrected chi connectivity index (χ4v) is 3.37. The number of piperidine rings is 1. The number of methoxy groups -OCH3 is 1. The molecule has 0 radical (unpaired) electrons. The molecule has 28 heavy (non-hydrogen) atoms. The number of aliphatic imine (C=N–C) groups is 1. The SMILES string of the molecule is CN=C(NCCCN1CCCCC1C)NCc1cccc(OCCOC)c1.I. The van der Waals surface area contributed by atoms with E-state index in [-0.39, 0.29) is 24.0 Å². The molecular weight excluding hydrogens is 467 g/mol. The van der Waals surface area contributed by atoms with Crippen LogP contribution in [0.5, 0.6) is 5.75 Å². The van der Waals surface area contributed by atoms with Gasteiger partial charge < -0.3 is 25.0 Å². The zero-order valence-electron chi connectivity index (χ0n) is 17.6. The van der Waals surface area contributed by atoms with Gasteiger partial charge in [0.05, 0.1) is 6.61 Å². The van der Waals surface area contributed by atoms with Crippen molar-refractivity contribution in [1.82, 2.24) is 15.5 Å². The Hall–Kier alpha value is -1.06. The van der Waals surface area contributed by atoms with Gasteiger partial charge >= 0.3 is 0 Å². The van der Waals surface area contributed by atoms with E-state index in [4.69, 9.17) is 9.47 Å². The third-order valence-corrected chi connectivity index (χ3v) is 4.99. The van der Waals surface area contributed by atoms with Crippen molar-refractivity contribution in [1.29, 1.82) is 0 Å². The van der Waals surface area contributed by atoms with Gasteiger partial charge in [0.2, 0.25) is 0 Å². The molecule has 1 aliphatic heterocycles. The lowest BCUT2D eigenvalue weighted by atomic mass is 10.0. The lowest BCUT2D eigenvalue weighted by molar-refractivity contribution is 0.146. The second-order valence-electron chi connectivity index (χ2n) is 7.08. The molecule has 1 aliphatic rings. The van der Waals surface area contributed by atoms with Crippen LogP contribution in [0, 0.1) is 0 Å². The highest BCUT2D eigenvalue weighted by molar-refractivity contribution is 14.0. The van der Waals surface area contributed by atoms with Crippen LogP contribution in [-0.4, -0.2) is 63.9 Å². The summed E-state index contributed by atoms with van der Waals surface area (Å²) >= 11 is 0. The molecule has 0 aliphatic carbocycles. The molecule has 1 fully saturated rings. The fraction of sp³-hybridized carbons (Fsp3) is 0.667. The van der Waals surface area contributed by atoms with Crippen molar-refractivity contribution in [2.45, 2.75) is 45.2 Å². The Kier molecular flexibility index (Phi) is 13.3. The Labute approximate surface area is 187 Å². The van der Waals surface area contributed by atoms with Gasteiger partial charge in [-0.3, -0.25) is 4.99 Å². The van der Waals surface area contributed by atoms with Gasteiger partial charge in [-0.05, 0) is 50.4 Å². The molecule has 1 atom stereocenters. The number of guanidine groups is 1. The quantitative estimate of drug-likeness (QED) is 0.222. The molecule has 160 valence electrons. The number of nitrogens with zero attached hydrogens (tertiary/aromatic N) is 2. The van der Waals surface area contributed by atoms with Crippen LogP contribution < -0.4 is 15.4 Å². The van der Waals surface area contributed by atoms with Gasteiger partial charge in [-0.2, -0.15) is 0 Å². The summed E-state index contributed by atoms with van der Waals surface area (Å²) in [6.07, 6.45) is 5.19. The summed E-state index contributed by atoms with van der Waals surface area (Å²) in [7, 11) is 3.49. The molecule has 1 heterocycles. The number of hydrogen-bond acceptors (Lipinski definition) is 4. The minimum Gasteiger partial charge on any atom is -0.491 e. The van der Waals surface area contributed by atoms with E-state index in [0.29, 0.717) is 19.8 Å². The van der Waals surface area contributed by atoms with Crippen molar-refractivity contribution >= 4 is 29.9 Å². The van der Waals surface area contributed by atoms with E-state index in [1.54, 1.807) is 7.11 Å². The molecule has 0 amide bonds. The van der Waals surface area contributed by atoms with E-state index in [0.717, 1.165) is 42.8 Å². The standard InChI is InChI=1S/C21H36N4O2.HI/c1-18-8-4-5-12-25(18)13-7-11-23-21(22-2)24-17-19-9-6-10-20(16-19)27-15-14-26-3;/h6,9-10,16,18H,4-5,7-8,11-15,17H2,1-3H3,(H2,22,23,24);1H. The molecule has 0 saturated carbocycles. The van der Waals surface area contributed by atoms with Crippen LogP contribution in [0.4, 0.5) is 0 Å². The van der Waals surface area contributed by atoms with Crippen molar-refractivity contribution in [3.05, 3.63) is 29.8 Å². The lowest BCUT2D eigenvalue weighted by Gasteiger charge is -2.33. The fourth-order valence-electron chi connectivity index (χ4n) is 3.37. The molecule has 2 N–H and O–H groups in total. The van der Waals surface area contributed by atoms with Crippen molar-refractivity contribution in [2.75, 3.05) is 47.0 Å². The van der Waals surface area contributed by atoms with Gasteiger partial charge in [-0.1, -0.05) is 18.6 Å². The predicted molar refractivity (Wildman–Crippen MR) is 127 cm³/mol. The molecular formula is C21H37IN4O2. The first kappa shape index (κ1) is 25.0. The summed E-state index contributed by atoms with van der Waals surface area (Å²) in [5, 5.41) is 6.79. The van der Waals surface area contributed by atoms with E-state index in [9.17, 15) is 0 Å². The van der Waals surface area contributed by atoms with E-state index >= 15 is 0 Å². The Morgan fingerprint density at radius 3 is 2.86 bits per heavy atom. The normalized spacial score (nSPS) is 17.7. The monoisotopic (exact) mass is 504 g/mol. The highest BCUT2D eigenvalue weighted by atomic mass is 127. The summed E-state index contributed by atoms with van der Waals surface area (Å²) in [5.74, 6) is 1.71. The summed E-state index contributed by atoms with van der Waals surface area (Å²) in [4.78, 5) is 6.93. The number of likely N-dealkylation sites (tertiary alicyclic amines) is 1. The van der Waals surface area contributed by atoms with Gasteiger partial charge in [0.15, 0.2) is 5.96 Å². The molecule has 0 spiro atoms. The van der Waals surface area contributed by atoms with Crippen LogP contribution in [-0.2, 0) is 11.3 Å². The molecule has 6 nitrogen and oxygen atoms in total. The number of nitrogens with one attached hydrogen (secondary N) is 2. The molecule has 1 aromatic rings. The van der Waals surface area contributed by atoms with Gasteiger partial charge in [0, 0.05) is 39.8 Å². The number of rotatable bonds is 10. The molecule has 1 aromatic carbocycles. The minimum atomic E-state index is 0. The second kappa shape index (κ2) is 14.9. The smallest absolute Gasteiger partial charge is 0.191 e. The average molecular weight is 504 g/mol. The summed E-state index contributed by atoms with van der Waals surface area (Å²) in [5.41, 5.74) is 1.16. The minimum absolute atomic E-state index is 0. The van der Waals surface area contributed by atoms with Crippen molar-refractivity contribution in [3.63, 3.8) is 0 Å².